The van der Waals surface area contributed by atoms with Crippen LogP contribution in [-0.2, 0) is 16.1 Å². The first-order valence-corrected chi connectivity index (χ1v) is 11.6. The summed E-state index contributed by atoms with van der Waals surface area (Å²) in [4.78, 5) is 27.3. The molecule has 0 saturated carbocycles. The number of amides is 2. The lowest BCUT2D eigenvalue weighted by atomic mass is 10.1. The SMILES string of the molecule is CC[C@@H](C)NC(=O)[C@@H](C)N(Cc1ccc(Cl)c(Cl)c1)C(=O)COc1ccc(Br)c(C)c1. The molecule has 0 heterocycles. The predicted octanol–water partition coefficient (Wildman–Crippen LogP) is 5.78. The molecule has 2 atom stereocenters. The molecule has 2 amide bonds. The lowest BCUT2D eigenvalue weighted by molar-refractivity contribution is -0.142. The van der Waals surface area contributed by atoms with Crippen LogP contribution >= 0.6 is 39.1 Å². The number of aryl methyl sites for hydroxylation is 1. The minimum atomic E-state index is -0.689. The molecule has 0 spiro atoms. The third kappa shape index (κ3) is 7.41. The zero-order valence-corrected chi connectivity index (χ0v) is 21.1. The van der Waals surface area contributed by atoms with E-state index in [1.807, 2.05) is 32.9 Å². The molecule has 0 aliphatic carbocycles. The lowest BCUT2D eigenvalue weighted by Crippen LogP contribution is -2.50. The molecule has 0 saturated heterocycles. The minimum Gasteiger partial charge on any atom is -0.484 e. The van der Waals surface area contributed by atoms with Crippen molar-refractivity contribution in [3.05, 3.63) is 62.0 Å². The van der Waals surface area contributed by atoms with Crippen LogP contribution in [0.3, 0.4) is 0 Å². The van der Waals surface area contributed by atoms with Gasteiger partial charge in [-0.25, -0.2) is 0 Å². The highest BCUT2D eigenvalue weighted by Gasteiger charge is 2.27. The van der Waals surface area contributed by atoms with E-state index in [1.165, 1.54) is 4.90 Å². The number of nitrogens with zero attached hydrogens (tertiary/aromatic N) is 1. The van der Waals surface area contributed by atoms with E-state index in [0.29, 0.717) is 15.8 Å². The summed E-state index contributed by atoms with van der Waals surface area (Å²) in [5, 5.41) is 3.76. The van der Waals surface area contributed by atoms with Crippen molar-refractivity contribution >= 4 is 50.9 Å². The Kier molecular flexibility index (Phi) is 9.66. The van der Waals surface area contributed by atoms with Crippen molar-refractivity contribution in [1.29, 1.82) is 0 Å². The molecule has 2 aromatic carbocycles. The van der Waals surface area contributed by atoms with E-state index in [-0.39, 0.29) is 31.0 Å². The highest BCUT2D eigenvalue weighted by Crippen LogP contribution is 2.24. The van der Waals surface area contributed by atoms with Crippen LogP contribution < -0.4 is 10.1 Å². The first kappa shape index (κ1) is 25.5. The summed E-state index contributed by atoms with van der Waals surface area (Å²) < 4.78 is 6.67. The molecule has 5 nitrogen and oxygen atoms in total. The number of hydrogen-bond donors (Lipinski definition) is 1. The third-order valence-electron chi connectivity index (χ3n) is 5.00. The Morgan fingerprint density at radius 2 is 1.84 bits per heavy atom. The second kappa shape index (κ2) is 11.7. The minimum absolute atomic E-state index is 0.0128. The van der Waals surface area contributed by atoms with Gasteiger partial charge in [0.25, 0.3) is 5.91 Å². The quantitative estimate of drug-likeness (QED) is 0.448. The number of nitrogens with one attached hydrogen (secondary N) is 1. The molecule has 0 fully saturated rings. The summed E-state index contributed by atoms with van der Waals surface area (Å²) in [6.45, 7) is 7.57. The molecule has 1 N–H and O–H groups in total. The van der Waals surface area contributed by atoms with Crippen molar-refractivity contribution < 1.29 is 14.3 Å². The summed E-state index contributed by atoms with van der Waals surface area (Å²) in [5.74, 6) is 0.0564. The second-order valence-corrected chi connectivity index (χ2v) is 9.13. The zero-order valence-electron chi connectivity index (χ0n) is 18.0. The van der Waals surface area contributed by atoms with E-state index < -0.39 is 6.04 Å². The van der Waals surface area contributed by atoms with Crippen molar-refractivity contribution in [2.24, 2.45) is 0 Å². The van der Waals surface area contributed by atoms with Gasteiger partial charge in [-0.2, -0.15) is 0 Å². The molecular weight excluding hydrogens is 503 g/mol. The highest BCUT2D eigenvalue weighted by molar-refractivity contribution is 9.10. The average molecular weight is 530 g/mol. The number of carbonyl (C=O) groups is 2. The Hall–Kier alpha value is -1.76. The van der Waals surface area contributed by atoms with Crippen molar-refractivity contribution in [2.45, 2.75) is 52.7 Å². The smallest absolute Gasteiger partial charge is 0.261 e. The molecular formula is C23H27BrCl2N2O3. The van der Waals surface area contributed by atoms with Crippen LogP contribution in [0, 0.1) is 6.92 Å². The molecule has 8 heteroatoms. The Balaban J connectivity index is 2.19. The first-order valence-electron chi connectivity index (χ1n) is 10.0. The summed E-state index contributed by atoms with van der Waals surface area (Å²) in [6, 6.07) is 9.98. The average Bonchev–Trinajstić information content (AvgIpc) is 2.74. The van der Waals surface area contributed by atoms with Crippen LogP contribution in [0.2, 0.25) is 10.0 Å². The van der Waals surface area contributed by atoms with E-state index in [9.17, 15) is 9.59 Å². The van der Waals surface area contributed by atoms with E-state index in [4.69, 9.17) is 27.9 Å². The maximum atomic E-state index is 13.1. The van der Waals surface area contributed by atoms with Crippen molar-refractivity contribution in [1.82, 2.24) is 10.2 Å². The normalized spacial score (nSPS) is 12.7. The Bertz CT molecular complexity index is 939. The van der Waals surface area contributed by atoms with Crippen molar-refractivity contribution in [3.63, 3.8) is 0 Å². The number of hydrogen-bond acceptors (Lipinski definition) is 3. The topological polar surface area (TPSA) is 58.6 Å². The Morgan fingerprint density at radius 3 is 2.45 bits per heavy atom. The maximum Gasteiger partial charge on any atom is 0.261 e. The fourth-order valence-corrected chi connectivity index (χ4v) is 3.39. The van der Waals surface area contributed by atoms with Gasteiger partial charge in [0.2, 0.25) is 5.91 Å². The highest BCUT2D eigenvalue weighted by atomic mass is 79.9. The number of ether oxygens (including phenoxy) is 1. The van der Waals surface area contributed by atoms with E-state index in [0.717, 1.165) is 22.0 Å². The second-order valence-electron chi connectivity index (χ2n) is 7.46. The standard InChI is InChI=1S/C23H27BrCl2N2O3/c1-5-15(3)27-23(30)16(4)28(12-17-6-9-20(25)21(26)11-17)22(29)13-31-18-7-8-19(24)14(2)10-18/h6-11,15-16H,5,12-13H2,1-4H3,(H,27,30)/t15-,16-/m1/s1. The third-order valence-corrected chi connectivity index (χ3v) is 6.63. The largest absolute Gasteiger partial charge is 0.484 e. The number of benzene rings is 2. The van der Waals surface area contributed by atoms with E-state index >= 15 is 0 Å². The first-order chi connectivity index (χ1) is 14.6. The number of halogens is 3. The lowest BCUT2D eigenvalue weighted by Gasteiger charge is -2.29. The monoisotopic (exact) mass is 528 g/mol. The van der Waals surface area contributed by atoms with Crippen LogP contribution in [-0.4, -0.2) is 35.4 Å². The molecule has 0 radical (unpaired) electrons. The van der Waals surface area contributed by atoms with E-state index in [2.05, 4.69) is 21.2 Å². The van der Waals surface area contributed by atoms with Gasteiger partial charge in [0.1, 0.15) is 11.8 Å². The maximum absolute atomic E-state index is 13.1. The molecule has 0 unspecified atom stereocenters. The van der Waals surface area contributed by atoms with Gasteiger partial charge in [0.05, 0.1) is 10.0 Å². The predicted molar refractivity (Wildman–Crippen MR) is 129 cm³/mol. The summed E-state index contributed by atoms with van der Waals surface area (Å²) in [7, 11) is 0. The molecule has 2 rings (SSSR count). The Morgan fingerprint density at radius 1 is 1.13 bits per heavy atom. The fraction of sp³-hybridized carbons (Fsp3) is 0.391. The Labute approximate surface area is 202 Å². The van der Waals surface area contributed by atoms with Gasteiger partial charge in [0, 0.05) is 17.1 Å². The van der Waals surface area contributed by atoms with Gasteiger partial charge in [-0.1, -0.05) is 52.1 Å². The molecule has 0 bridgehead atoms. The number of rotatable bonds is 9. The van der Waals surface area contributed by atoms with Gasteiger partial charge in [0.15, 0.2) is 6.61 Å². The van der Waals surface area contributed by atoms with Crippen LogP contribution in [0.1, 0.15) is 38.3 Å². The summed E-state index contributed by atoms with van der Waals surface area (Å²) >= 11 is 15.6. The van der Waals surface area contributed by atoms with Crippen LogP contribution in [0.25, 0.3) is 0 Å². The van der Waals surface area contributed by atoms with Crippen LogP contribution in [0.4, 0.5) is 0 Å². The van der Waals surface area contributed by atoms with Crippen LogP contribution in [0.15, 0.2) is 40.9 Å². The number of carbonyl (C=O) groups excluding carboxylic acids is 2. The van der Waals surface area contributed by atoms with Gasteiger partial charge in [-0.3, -0.25) is 9.59 Å². The van der Waals surface area contributed by atoms with E-state index in [1.54, 1.807) is 31.2 Å². The van der Waals surface area contributed by atoms with Crippen LogP contribution in [0.5, 0.6) is 5.75 Å². The zero-order chi connectivity index (χ0) is 23.1. The molecule has 168 valence electrons. The van der Waals surface area contributed by atoms with Gasteiger partial charge < -0.3 is 15.0 Å². The fourth-order valence-electron chi connectivity index (χ4n) is 2.82. The van der Waals surface area contributed by atoms with Crippen molar-refractivity contribution in [3.8, 4) is 5.75 Å². The van der Waals surface area contributed by atoms with Gasteiger partial charge in [-0.15, -0.1) is 0 Å². The molecule has 0 aromatic heterocycles. The van der Waals surface area contributed by atoms with Crippen molar-refractivity contribution in [2.75, 3.05) is 6.61 Å². The molecule has 31 heavy (non-hydrogen) atoms. The summed E-state index contributed by atoms with van der Waals surface area (Å²) in [5.41, 5.74) is 1.77. The van der Waals surface area contributed by atoms with Gasteiger partial charge in [-0.05, 0) is 68.7 Å². The summed E-state index contributed by atoms with van der Waals surface area (Å²) in [6.07, 6.45) is 0.797. The molecule has 0 aliphatic heterocycles. The molecule has 2 aromatic rings. The molecule has 0 aliphatic rings. The van der Waals surface area contributed by atoms with Gasteiger partial charge >= 0.3 is 0 Å².